The number of fused-ring (bicyclic) bond motifs is 2. The van der Waals surface area contributed by atoms with Crippen molar-refractivity contribution in [2.75, 3.05) is 11.9 Å². The quantitative estimate of drug-likeness (QED) is 0.341. The summed E-state index contributed by atoms with van der Waals surface area (Å²) in [7, 11) is 0. The second-order valence-corrected chi connectivity index (χ2v) is 8.58. The van der Waals surface area contributed by atoms with Crippen molar-refractivity contribution in [3.8, 4) is 11.4 Å². The van der Waals surface area contributed by atoms with Crippen molar-refractivity contribution in [2.45, 2.75) is 33.4 Å². The van der Waals surface area contributed by atoms with Crippen molar-refractivity contribution in [3.05, 3.63) is 76.8 Å². The number of hydrogen-bond donors (Lipinski definition) is 1. The van der Waals surface area contributed by atoms with E-state index in [9.17, 15) is 9.59 Å². The van der Waals surface area contributed by atoms with Crippen molar-refractivity contribution in [1.82, 2.24) is 24.7 Å². The van der Waals surface area contributed by atoms with E-state index in [-0.39, 0.29) is 17.2 Å². The van der Waals surface area contributed by atoms with Gasteiger partial charge in [0.2, 0.25) is 11.7 Å². The number of nitrogens with zero attached hydrogens (tertiary/aromatic N) is 5. The van der Waals surface area contributed by atoms with Crippen molar-refractivity contribution in [2.24, 2.45) is 0 Å². The molecule has 0 atom stereocenters. The number of esters is 1. The molecule has 0 aliphatic rings. The fraction of sp³-hybridized carbons (Fsp3) is 0.231. The van der Waals surface area contributed by atoms with Crippen molar-refractivity contribution < 1.29 is 14.1 Å². The molecule has 0 spiro atoms. The average molecular weight is 485 g/mol. The number of rotatable bonds is 7. The Kier molecular flexibility index (Phi) is 6.16. The minimum atomic E-state index is -0.506. The van der Waals surface area contributed by atoms with E-state index in [1.165, 1.54) is 12.3 Å². The first kappa shape index (κ1) is 23.2. The van der Waals surface area contributed by atoms with Crippen LogP contribution in [0.15, 0.2) is 64.3 Å². The molecule has 0 fully saturated rings. The summed E-state index contributed by atoms with van der Waals surface area (Å²) in [5.74, 6) is 1.18. The van der Waals surface area contributed by atoms with Gasteiger partial charge in [0.15, 0.2) is 0 Å². The Labute approximate surface area is 206 Å². The van der Waals surface area contributed by atoms with Crippen molar-refractivity contribution in [3.63, 3.8) is 0 Å². The summed E-state index contributed by atoms with van der Waals surface area (Å²) in [5, 5.41) is 9.58. The molecule has 182 valence electrons. The molecule has 0 radical (unpaired) electrons. The lowest BCUT2D eigenvalue weighted by atomic mass is 10.1. The summed E-state index contributed by atoms with van der Waals surface area (Å²) in [6.45, 7) is 6.12. The number of pyridine rings is 3. The smallest absolute Gasteiger partial charge is 0.339 e. The van der Waals surface area contributed by atoms with E-state index in [0.717, 1.165) is 16.3 Å². The second-order valence-electron chi connectivity index (χ2n) is 8.58. The van der Waals surface area contributed by atoms with Crippen LogP contribution in [0.5, 0.6) is 0 Å². The summed E-state index contributed by atoms with van der Waals surface area (Å²) >= 11 is 0. The van der Waals surface area contributed by atoms with Crippen LogP contribution in [0.2, 0.25) is 0 Å². The summed E-state index contributed by atoms with van der Waals surface area (Å²) < 4.78 is 11.9. The average Bonchev–Trinajstić information content (AvgIpc) is 3.31. The summed E-state index contributed by atoms with van der Waals surface area (Å²) in [6.07, 6.45) is 4.59. The lowest BCUT2D eigenvalue weighted by Crippen LogP contribution is -2.24. The number of aromatic nitrogens is 5. The molecule has 0 aliphatic carbocycles. The Hall–Kier alpha value is -4.60. The molecule has 0 aliphatic heterocycles. The predicted molar refractivity (Wildman–Crippen MR) is 135 cm³/mol. The Morgan fingerprint density at radius 2 is 2.00 bits per heavy atom. The van der Waals surface area contributed by atoms with Gasteiger partial charge in [-0.2, -0.15) is 4.98 Å². The van der Waals surface area contributed by atoms with Gasteiger partial charge >= 0.3 is 5.97 Å². The highest BCUT2D eigenvalue weighted by Gasteiger charge is 2.13. The number of hydrogen-bond acceptors (Lipinski definition) is 9. The van der Waals surface area contributed by atoms with Gasteiger partial charge in [0.05, 0.1) is 22.6 Å². The van der Waals surface area contributed by atoms with E-state index in [0.29, 0.717) is 41.5 Å². The molecule has 0 saturated heterocycles. The monoisotopic (exact) mass is 484 g/mol. The number of ether oxygens (including phenoxy) is 1. The number of carbonyl (C=O) groups excluding carboxylic acids is 1. The zero-order valence-corrected chi connectivity index (χ0v) is 20.1. The SMILES string of the molecule is Cc1nc(-c2ccc3ccnc(NCCn4ccc5ncc(C(=O)OC(C)C)cc5c4=O)c3c2)no1. The van der Waals surface area contributed by atoms with Gasteiger partial charge in [0, 0.05) is 49.6 Å². The van der Waals surface area contributed by atoms with E-state index < -0.39 is 5.97 Å². The molecule has 5 aromatic rings. The van der Waals surface area contributed by atoms with Crippen LogP contribution in [0, 0.1) is 6.92 Å². The molecule has 1 N–H and O–H groups in total. The first-order valence-corrected chi connectivity index (χ1v) is 11.5. The van der Waals surface area contributed by atoms with Crippen LogP contribution in [0.4, 0.5) is 5.82 Å². The molecule has 36 heavy (non-hydrogen) atoms. The third-order valence-electron chi connectivity index (χ3n) is 5.60. The maximum Gasteiger partial charge on any atom is 0.339 e. The molecule has 0 saturated carbocycles. The van der Waals surface area contributed by atoms with Crippen LogP contribution in [0.25, 0.3) is 33.1 Å². The highest BCUT2D eigenvalue weighted by Crippen LogP contribution is 2.26. The van der Waals surface area contributed by atoms with Gasteiger partial charge in [0.1, 0.15) is 5.82 Å². The van der Waals surface area contributed by atoms with Crippen molar-refractivity contribution >= 4 is 33.5 Å². The van der Waals surface area contributed by atoms with Crippen molar-refractivity contribution in [1.29, 1.82) is 0 Å². The predicted octanol–water partition coefficient (Wildman–Crippen LogP) is 3.98. The van der Waals surface area contributed by atoms with Gasteiger partial charge in [-0.1, -0.05) is 17.3 Å². The fourth-order valence-corrected chi connectivity index (χ4v) is 3.89. The fourth-order valence-electron chi connectivity index (χ4n) is 3.89. The van der Waals surface area contributed by atoms with Crippen LogP contribution in [0.3, 0.4) is 0 Å². The zero-order valence-electron chi connectivity index (χ0n) is 20.1. The van der Waals surface area contributed by atoms with Gasteiger partial charge in [-0.15, -0.1) is 0 Å². The van der Waals surface area contributed by atoms with Crippen LogP contribution in [-0.2, 0) is 11.3 Å². The first-order chi connectivity index (χ1) is 17.4. The molecule has 0 unspecified atom stereocenters. The highest BCUT2D eigenvalue weighted by atomic mass is 16.5. The first-order valence-electron chi connectivity index (χ1n) is 11.5. The van der Waals surface area contributed by atoms with Crippen LogP contribution < -0.4 is 10.9 Å². The van der Waals surface area contributed by atoms with Gasteiger partial charge in [0.25, 0.3) is 5.56 Å². The molecule has 4 heterocycles. The number of anilines is 1. The zero-order chi connectivity index (χ0) is 25.2. The molecule has 0 amide bonds. The summed E-state index contributed by atoms with van der Waals surface area (Å²) in [5.41, 5.74) is 1.35. The lowest BCUT2D eigenvalue weighted by Gasteiger charge is -2.12. The van der Waals surface area contributed by atoms with E-state index in [1.54, 1.807) is 43.8 Å². The second kappa shape index (κ2) is 9.57. The highest BCUT2D eigenvalue weighted by molar-refractivity contribution is 5.95. The molecular weight excluding hydrogens is 460 g/mol. The Balaban J connectivity index is 1.37. The van der Waals surface area contributed by atoms with E-state index in [1.807, 2.05) is 24.3 Å². The van der Waals surface area contributed by atoms with Crippen LogP contribution in [0.1, 0.15) is 30.1 Å². The van der Waals surface area contributed by atoms with Gasteiger partial charge < -0.3 is 19.1 Å². The van der Waals surface area contributed by atoms with Gasteiger partial charge in [-0.05, 0) is 43.5 Å². The summed E-state index contributed by atoms with van der Waals surface area (Å²) in [6, 6.07) is 11.1. The molecule has 5 rings (SSSR count). The largest absolute Gasteiger partial charge is 0.459 e. The van der Waals surface area contributed by atoms with E-state index in [2.05, 4.69) is 25.4 Å². The maximum absolute atomic E-state index is 13.1. The number of benzene rings is 1. The van der Waals surface area contributed by atoms with Crippen LogP contribution >= 0.6 is 0 Å². The van der Waals surface area contributed by atoms with E-state index in [4.69, 9.17) is 9.26 Å². The molecular formula is C26H24N6O4. The normalized spacial score (nSPS) is 11.3. The third kappa shape index (κ3) is 4.65. The lowest BCUT2D eigenvalue weighted by molar-refractivity contribution is 0.0377. The molecule has 10 nitrogen and oxygen atoms in total. The number of aryl methyl sites for hydroxylation is 1. The molecule has 1 aromatic carbocycles. The summed E-state index contributed by atoms with van der Waals surface area (Å²) in [4.78, 5) is 38.4. The molecule has 0 bridgehead atoms. The standard InChI is InChI=1S/C26H24N6O4/c1-15(2)35-26(34)19-13-21-22(29-14-19)7-10-32(25(21)33)11-9-28-24-20-12-18(23-30-16(3)36-31-23)5-4-17(20)6-8-27-24/h4-8,10,12-15H,9,11H2,1-3H3,(H,27,28). The van der Waals surface area contributed by atoms with Crippen LogP contribution in [-0.4, -0.2) is 43.3 Å². The molecule has 4 aromatic heterocycles. The Bertz CT molecular complexity index is 1640. The Morgan fingerprint density at radius 3 is 2.78 bits per heavy atom. The van der Waals surface area contributed by atoms with Gasteiger partial charge in [-0.25, -0.2) is 9.78 Å². The minimum Gasteiger partial charge on any atom is -0.459 e. The third-order valence-corrected chi connectivity index (χ3v) is 5.60. The molecule has 10 heteroatoms. The topological polar surface area (TPSA) is 125 Å². The maximum atomic E-state index is 13.1. The number of carbonyl (C=O) groups is 1. The minimum absolute atomic E-state index is 0.235. The van der Waals surface area contributed by atoms with E-state index >= 15 is 0 Å². The number of nitrogens with one attached hydrogen (secondary N) is 1. The Morgan fingerprint density at radius 1 is 1.14 bits per heavy atom. The van der Waals surface area contributed by atoms with Gasteiger partial charge in [-0.3, -0.25) is 9.78 Å².